The van der Waals surface area contributed by atoms with Crippen molar-refractivity contribution in [1.82, 2.24) is 25.1 Å². The second-order valence-electron chi connectivity index (χ2n) is 7.91. The first-order valence-electron chi connectivity index (χ1n) is 10.4. The summed E-state index contributed by atoms with van der Waals surface area (Å²) in [6.45, 7) is 8.32. The second kappa shape index (κ2) is 8.81. The molecule has 4 heterocycles. The van der Waals surface area contributed by atoms with E-state index in [0.29, 0.717) is 61.5 Å². The Balaban J connectivity index is 1.63. The number of rotatable bonds is 7. The third kappa shape index (κ3) is 4.41. The van der Waals surface area contributed by atoms with Crippen LogP contribution in [0.1, 0.15) is 48.1 Å². The van der Waals surface area contributed by atoms with Crippen LogP contribution in [0.3, 0.4) is 0 Å². The van der Waals surface area contributed by atoms with Gasteiger partial charge >= 0.3 is 0 Å². The number of hydrogen-bond acceptors (Lipinski definition) is 8. The lowest BCUT2D eigenvalue weighted by molar-refractivity contribution is 0.0714. The number of nitrogen functional groups attached to an aromatic ring is 1. The van der Waals surface area contributed by atoms with Gasteiger partial charge < -0.3 is 20.1 Å². The predicted molar refractivity (Wildman–Crippen MR) is 115 cm³/mol. The second-order valence-corrected chi connectivity index (χ2v) is 7.91. The number of anilines is 1. The molecule has 3 aromatic heterocycles. The van der Waals surface area contributed by atoms with Gasteiger partial charge in [0.05, 0.1) is 43.8 Å². The van der Waals surface area contributed by atoms with Gasteiger partial charge in [-0.3, -0.25) is 4.79 Å². The van der Waals surface area contributed by atoms with Gasteiger partial charge in [-0.1, -0.05) is 13.8 Å². The van der Waals surface area contributed by atoms with E-state index in [9.17, 15) is 4.79 Å². The van der Waals surface area contributed by atoms with Crippen molar-refractivity contribution in [2.24, 2.45) is 5.92 Å². The number of ether oxygens (including phenoxy) is 2. The van der Waals surface area contributed by atoms with Crippen LogP contribution in [0.15, 0.2) is 24.4 Å². The van der Waals surface area contributed by atoms with E-state index in [1.807, 2.05) is 13.0 Å². The molecule has 0 fully saturated rings. The van der Waals surface area contributed by atoms with Crippen LogP contribution >= 0.6 is 0 Å². The average molecular weight is 422 g/mol. The number of carbonyl (C=O) groups is 1. The Bertz CT molecular complexity index is 1100. The molecule has 31 heavy (non-hydrogen) atoms. The van der Waals surface area contributed by atoms with E-state index in [-0.39, 0.29) is 11.8 Å². The van der Waals surface area contributed by atoms with Crippen molar-refractivity contribution < 1.29 is 14.3 Å². The first-order chi connectivity index (χ1) is 15.0. The molecule has 1 aliphatic heterocycles. The summed E-state index contributed by atoms with van der Waals surface area (Å²) >= 11 is 0. The maximum absolute atomic E-state index is 13.4. The number of pyridine rings is 2. The maximum Gasteiger partial charge on any atom is 0.272 e. The molecular weight excluding hydrogens is 396 g/mol. The van der Waals surface area contributed by atoms with E-state index in [0.717, 1.165) is 16.5 Å². The minimum absolute atomic E-state index is 0.171. The Hall–Kier alpha value is -3.33. The van der Waals surface area contributed by atoms with Crippen LogP contribution in [-0.4, -0.2) is 44.1 Å². The van der Waals surface area contributed by atoms with Gasteiger partial charge in [0.1, 0.15) is 11.5 Å². The Labute approximate surface area is 180 Å². The molecule has 0 aliphatic carbocycles. The van der Waals surface area contributed by atoms with Crippen molar-refractivity contribution in [1.29, 1.82) is 0 Å². The third-order valence-corrected chi connectivity index (χ3v) is 5.05. The predicted octanol–water partition coefficient (Wildman–Crippen LogP) is 2.73. The highest BCUT2D eigenvalue weighted by molar-refractivity contribution is 5.97. The number of aromatic nitrogens is 4. The van der Waals surface area contributed by atoms with Gasteiger partial charge in [0.25, 0.3) is 5.91 Å². The summed E-state index contributed by atoms with van der Waals surface area (Å²) in [7, 11) is 0. The topological polar surface area (TPSA) is 116 Å². The Morgan fingerprint density at radius 3 is 2.77 bits per heavy atom. The van der Waals surface area contributed by atoms with Crippen molar-refractivity contribution in [2.75, 3.05) is 18.9 Å². The fourth-order valence-electron chi connectivity index (χ4n) is 3.67. The standard InChI is InChI=1S/C22H26N6O3/c1-4-31-20-6-5-14(26-27-20)10-28(9-13(2)3)22(29)18-7-15-16-11-30-12-17(16)21(23)25-19(15)8-24-18/h5-8,13H,4,9-12H2,1-3H3,(H2,23,25). The Morgan fingerprint density at radius 2 is 2.06 bits per heavy atom. The Kier molecular flexibility index (Phi) is 5.94. The van der Waals surface area contributed by atoms with Crippen LogP contribution in [0.5, 0.6) is 5.88 Å². The van der Waals surface area contributed by atoms with E-state index in [4.69, 9.17) is 15.2 Å². The monoisotopic (exact) mass is 422 g/mol. The molecule has 0 radical (unpaired) electrons. The van der Waals surface area contributed by atoms with E-state index in [1.165, 1.54) is 0 Å². The molecule has 9 nitrogen and oxygen atoms in total. The van der Waals surface area contributed by atoms with Gasteiger partial charge in [-0.25, -0.2) is 9.97 Å². The van der Waals surface area contributed by atoms with Gasteiger partial charge in [-0.15, -0.1) is 5.10 Å². The van der Waals surface area contributed by atoms with Crippen LogP contribution in [0, 0.1) is 5.92 Å². The molecule has 4 rings (SSSR count). The molecule has 162 valence electrons. The molecule has 1 amide bonds. The van der Waals surface area contributed by atoms with Gasteiger partial charge in [0, 0.05) is 23.6 Å². The van der Waals surface area contributed by atoms with Crippen LogP contribution in [0.2, 0.25) is 0 Å². The average Bonchev–Trinajstić information content (AvgIpc) is 3.25. The SMILES string of the molecule is CCOc1ccc(CN(CC(C)C)C(=O)c2cc3c4c(c(N)nc3cn2)COC4)nn1. The van der Waals surface area contributed by atoms with Gasteiger partial charge in [0.2, 0.25) is 5.88 Å². The minimum Gasteiger partial charge on any atom is -0.477 e. The number of carbonyl (C=O) groups excluding carboxylic acids is 1. The van der Waals surface area contributed by atoms with Gasteiger partial charge in [-0.05, 0) is 30.5 Å². The van der Waals surface area contributed by atoms with Crippen molar-refractivity contribution in [3.05, 3.63) is 46.9 Å². The zero-order valence-electron chi connectivity index (χ0n) is 18.0. The number of nitrogens with two attached hydrogens (primary N) is 1. The molecule has 2 N–H and O–H groups in total. The largest absolute Gasteiger partial charge is 0.477 e. The summed E-state index contributed by atoms with van der Waals surface area (Å²) in [5, 5.41) is 9.11. The van der Waals surface area contributed by atoms with Crippen LogP contribution in [0.4, 0.5) is 5.82 Å². The number of amides is 1. The summed E-state index contributed by atoms with van der Waals surface area (Å²) in [5.41, 5.74) is 9.60. The normalized spacial score (nSPS) is 12.9. The number of hydrogen-bond donors (Lipinski definition) is 1. The quantitative estimate of drug-likeness (QED) is 0.618. The molecule has 3 aromatic rings. The first-order valence-corrected chi connectivity index (χ1v) is 10.4. The van der Waals surface area contributed by atoms with E-state index < -0.39 is 0 Å². The van der Waals surface area contributed by atoms with Crippen molar-refractivity contribution in [3.63, 3.8) is 0 Å². The van der Waals surface area contributed by atoms with Crippen molar-refractivity contribution in [2.45, 2.75) is 40.5 Å². The lowest BCUT2D eigenvalue weighted by Crippen LogP contribution is -2.34. The van der Waals surface area contributed by atoms with Crippen molar-refractivity contribution >= 4 is 22.6 Å². The van der Waals surface area contributed by atoms with Crippen LogP contribution in [-0.2, 0) is 24.5 Å². The summed E-state index contributed by atoms with van der Waals surface area (Å²) in [5.74, 6) is 1.03. The fourth-order valence-corrected chi connectivity index (χ4v) is 3.67. The third-order valence-electron chi connectivity index (χ3n) is 5.05. The molecule has 9 heteroatoms. The molecule has 0 spiro atoms. The first kappa shape index (κ1) is 20.9. The summed E-state index contributed by atoms with van der Waals surface area (Å²) in [4.78, 5) is 23.9. The zero-order chi connectivity index (χ0) is 22.0. The Morgan fingerprint density at radius 1 is 1.26 bits per heavy atom. The summed E-state index contributed by atoms with van der Waals surface area (Å²) in [6, 6.07) is 5.37. The van der Waals surface area contributed by atoms with E-state index in [2.05, 4.69) is 34.0 Å². The molecule has 0 unspecified atom stereocenters. The van der Waals surface area contributed by atoms with Gasteiger partial charge in [0.15, 0.2) is 0 Å². The summed E-state index contributed by atoms with van der Waals surface area (Å²) < 4.78 is 10.9. The molecule has 1 aliphatic rings. The fraction of sp³-hybridized carbons (Fsp3) is 0.409. The van der Waals surface area contributed by atoms with Crippen LogP contribution < -0.4 is 10.5 Å². The molecule has 0 bridgehead atoms. The summed E-state index contributed by atoms with van der Waals surface area (Å²) in [6.07, 6.45) is 1.60. The van der Waals surface area contributed by atoms with E-state index >= 15 is 0 Å². The molecule has 0 aromatic carbocycles. The van der Waals surface area contributed by atoms with E-state index in [1.54, 1.807) is 23.2 Å². The lowest BCUT2D eigenvalue weighted by Gasteiger charge is -2.24. The number of nitrogens with zero attached hydrogens (tertiary/aromatic N) is 5. The molecule has 0 atom stereocenters. The zero-order valence-corrected chi connectivity index (χ0v) is 18.0. The minimum atomic E-state index is -0.171. The lowest BCUT2D eigenvalue weighted by atomic mass is 10.1. The molecule has 0 saturated heterocycles. The van der Waals surface area contributed by atoms with Crippen LogP contribution in [0.25, 0.3) is 10.9 Å². The highest BCUT2D eigenvalue weighted by Gasteiger charge is 2.23. The molecule has 0 saturated carbocycles. The number of fused-ring (bicyclic) bond motifs is 3. The highest BCUT2D eigenvalue weighted by atomic mass is 16.5. The molecular formula is C22H26N6O3. The van der Waals surface area contributed by atoms with Crippen molar-refractivity contribution in [3.8, 4) is 5.88 Å². The highest BCUT2D eigenvalue weighted by Crippen LogP contribution is 2.31. The smallest absolute Gasteiger partial charge is 0.272 e. The van der Waals surface area contributed by atoms with Gasteiger partial charge in [-0.2, -0.15) is 5.10 Å². The maximum atomic E-state index is 13.4.